The number of ketones is 1. The summed E-state index contributed by atoms with van der Waals surface area (Å²) in [5.74, 6) is -0.825. The van der Waals surface area contributed by atoms with Crippen LogP contribution in [0.5, 0.6) is 0 Å². The van der Waals surface area contributed by atoms with Crippen molar-refractivity contribution in [2.24, 2.45) is 0 Å². The molecule has 0 radical (unpaired) electrons. The Morgan fingerprint density at radius 1 is 1.35 bits per heavy atom. The molecule has 1 aromatic carbocycles. The first-order valence-electron chi connectivity index (χ1n) is 5.04. The molecule has 0 aliphatic carbocycles. The summed E-state index contributed by atoms with van der Waals surface area (Å²) in [7, 11) is -3.67. The number of halogens is 1. The van der Waals surface area contributed by atoms with Gasteiger partial charge in [-0.25, -0.2) is 8.42 Å². The first-order valence-corrected chi connectivity index (χ1v) is 7.07. The van der Waals surface area contributed by atoms with Gasteiger partial charge in [-0.3, -0.25) is 4.79 Å². The Bertz CT molecular complexity index is 520. The first kappa shape index (κ1) is 14.0. The van der Waals surface area contributed by atoms with Crippen LogP contribution in [0.2, 0.25) is 0 Å². The number of carbonyl (C=O) groups is 1. The molecule has 6 heteroatoms. The van der Waals surface area contributed by atoms with Gasteiger partial charge in [0.15, 0.2) is 15.6 Å². The van der Waals surface area contributed by atoms with Crippen molar-refractivity contribution in [3.8, 4) is 0 Å². The molecule has 0 heterocycles. The van der Waals surface area contributed by atoms with E-state index in [9.17, 15) is 13.2 Å². The third-order valence-corrected chi connectivity index (χ3v) is 5.53. The van der Waals surface area contributed by atoms with Crippen LogP contribution in [0, 0.1) is 0 Å². The zero-order valence-electron chi connectivity index (χ0n) is 9.60. The van der Waals surface area contributed by atoms with E-state index in [1.54, 1.807) is 0 Å². The maximum Gasteiger partial charge on any atom is 0.205 e. The van der Waals surface area contributed by atoms with Gasteiger partial charge < -0.3 is 5.73 Å². The second-order valence-corrected chi connectivity index (χ2v) is 7.37. The summed E-state index contributed by atoms with van der Waals surface area (Å²) in [5.41, 5.74) is 6.21. The molecule has 4 nitrogen and oxygen atoms in total. The topological polar surface area (TPSA) is 77.2 Å². The Labute approximate surface area is 106 Å². The predicted molar refractivity (Wildman–Crippen MR) is 68.9 cm³/mol. The van der Waals surface area contributed by atoms with E-state index in [-0.39, 0.29) is 11.3 Å². The van der Waals surface area contributed by atoms with E-state index >= 15 is 0 Å². The van der Waals surface area contributed by atoms with Gasteiger partial charge in [0.05, 0.1) is 0 Å². The molecule has 0 unspecified atom stereocenters. The van der Waals surface area contributed by atoms with Crippen LogP contribution in [0.25, 0.3) is 0 Å². The van der Waals surface area contributed by atoms with Crippen LogP contribution in [0.15, 0.2) is 24.3 Å². The molecule has 0 aromatic heterocycles. The summed E-state index contributed by atoms with van der Waals surface area (Å²) >= 11 is 5.88. The van der Waals surface area contributed by atoms with Gasteiger partial charge in [0.1, 0.15) is 0 Å². The van der Waals surface area contributed by atoms with E-state index in [0.29, 0.717) is 5.69 Å². The number of nitrogens with two attached hydrogens (primary N) is 1. The van der Waals surface area contributed by atoms with E-state index in [0.717, 1.165) is 0 Å². The van der Waals surface area contributed by atoms with Gasteiger partial charge in [-0.1, -0.05) is 18.5 Å². The van der Waals surface area contributed by atoms with Crippen molar-refractivity contribution in [3.05, 3.63) is 29.8 Å². The van der Waals surface area contributed by atoms with Crippen LogP contribution >= 0.6 is 11.6 Å². The van der Waals surface area contributed by atoms with Gasteiger partial charge >= 0.3 is 0 Å². The molecule has 1 rings (SSSR count). The van der Waals surface area contributed by atoms with Gasteiger partial charge in [-0.15, -0.1) is 0 Å². The number of benzene rings is 1. The van der Waals surface area contributed by atoms with E-state index < -0.39 is 19.8 Å². The lowest BCUT2D eigenvalue weighted by atomic mass is 10.1. The predicted octanol–water partition coefficient (Wildman–Crippen LogP) is 1.84. The molecule has 1 aromatic rings. The van der Waals surface area contributed by atoms with E-state index in [1.165, 1.54) is 38.1 Å². The average molecular weight is 276 g/mol. The molecule has 1 atom stereocenters. The molecule has 94 valence electrons. The van der Waals surface area contributed by atoms with Gasteiger partial charge in [-0.2, -0.15) is 0 Å². The summed E-state index contributed by atoms with van der Waals surface area (Å²) < 4.78 is 21.5. The Kier molecular flexibility index (Phi) is 3.84. The van der Waals surface area contributed by atoms with Gasteiger partial charge in [-0.05, 0) is 31.2 Å². The van der Waals surface area contributed by atoms with Crippen LogP contribution in [0.4, 0.5) is 5.69 Å². The average Bonchev–Trinajstić information content (AvgIpc) is 2.28. The lowest BCUT2D eigenvalue weighted by Crippen LogP contribution is -2.39. The number of Topliss-reactive ketones (excluding diaryl/α,β-unsaturated/α-hetero) is 1. The second-order valence-electron chi connectivity index (χ2n) is 3.77. The number of rotatable bonds is 4. The third kappa shape index (κ3) is 2.61. The van der Waals surface area contributed by atoms with Crippen LogP contribution in [0.1, 0.15) is 24.2 Å². The Morgan fingerprint density at radius 2 is 1.82 bits per heavy atom. The minimum absolute atomic E-state index is 0.187. The van der Waals surface area contributed by atoms with Gasteiger partial charge in [0, 0.05) is 17.0 Å². The molecule has 0 saturated carbocycles. The zero-order chi connectivity index (χ0) is 13.3. The summed E-state index contributed by atoms with van der Waals surface area (Å²) in [6.07, 6.45) is 0. The fourth-order valence-electron chi connectivity index (χ4n) is 1.30. The SMILES string of the molecule is CCS(=O)(=O)[C@@](C)(Cl)C(=O)c1ccc(N)cc1. The molecule has 0 fully saturated rings. The maximum atomic E-state index is 12.0. The van der Waals surface area contributed by atoms with Gasteiger partial charge in [0.2, 0.25) is 4.21 Å². The molecule has 0 bridgehead atoms. The highest BCUT2D eigenvalue weighted by Crippen LogP contribution is 2.28. The number of nitrogen functional groups attached to an aromatic ring is 1. The standard InChI is InChI=1S/C11H14ClNO3S/c1-3-17(15,16)11(2,12)10(14)8-4-6-9(13)7-5-8/h4-7H,3,13H2,1-2H3/t11-/m1/s1. The number of hydrogen-bond donors (Lipinski definition) is 1. The molecule has 0 saturated heterocycles. The minimum atomic E-state index is -3.67. The second kappa shape index (κ2) is 4.66. The van der Waals surface area contributed by atoms with Crippen molar-refractivity contribution in [1.82, 2.24) is 0 Å². The lowest BCUT2D eigenvalue weighted by Gasteiger charge is -2.20. The molecule has 0 aliphatic rings. The maximum absolute atomic E-state index is 12.0. The molecule has 2 N–H and O–H groups in total. The van der Waals surface area contributed by atoms with E-state index in [2.05, 4.69) is 0 Å². The Morgan fingerprint density at radius 3 is 2.24 bits per heavy atom. The quantitative estimate of drug-likeness (QED) is 0.517. The van der Waals surface area contributed by atoms with Crippen molar-refractivity contribution < 1.29 is 13.2 Å². The molecule has 0 aliphatic heterocycles. The van der Waals surface area contributed by atoms with Crippen molar-refractivity contribution in [1.29, 1.82) is 0 Å². The fourth-order valence-corrected chi connectivity index (χ4v) is 2.68. The third-order valence-electron chi connectivity index (χ3n) is 2.54. The van der Waals surface area contributed by atoms with Crippen LogP contribution in [-0.2, 0) is 9.84 Å². The van der Waals surface area contributed by atoms with Crippen molar-refractivity contribution in [3.63, 3.8) is 0 Å². The number of sulfone groups is 1. The highest BCUT2D eigenvalue weighted by Gasteiger charge is 2.43. The summed E-state index contributed by atoms with van der Waals surface area (Å²) in [6, 6.07) is 5.98. The summed E-state index contributed by atoms with van der Waals surface area (Å²) in [4.78, 5) is 12.0. The van der Waals surface area contributed by atoms with Crippen LogP contribution in [-0.4, -0.2) is 24.2 Å². The number of alkyl halides is 1. The van der Waals surface area contributed by atoms with Crippen molar-refractivity contribution in [2.75, 3.05) is 11.5 Å². The molecule has 17 heavy (non-hydrogen) atoms. The lowest BCUT2D eigenvalue weighted by molar-refractivity contribution is 0.0978. The van der Waals surface area contributed by atoms with Crippen molar-refractivity contribution in [2.45, 2.75) is 18.1 Å². The van der Waals surface area contributed by atoms with Crippen LogP contribution in [0.3, 0.4) is 0 Å². The Hall–Kier alpha value is -1.07. The smallest absolute Gasteiger partial charge is 0.205 e. The normalized spacial score (nSPS) is 15.2. The van der Waals surface area contributed by atoms with E-state index in [1.807, 2.05) is 0 Å². The fraction of sp³-hybridized carbons (Fsp3) is 0.364. The largest absolute Gasteiger partial charge is 0.399 e. The summed E-state index contributed by atoms with van der Waals surface area (Å²) in [6.45, 7) is 2.65. The zero-order valence-corrected chi connectivity index (χ0v) is 11.2. The number of hydrogen-bond acceptors (Lipinski definition) is 4. The first-order chi connectivity index (χ1) is 7.72. The minimum Gasteiger partial charge on any atom is -0.399 e. The van der Waals surface area contributed by atoms with Gasteiger partial charge in [0.25, 0.3) is 0 Å². The molecule has 0 spiro atoms. The molecular formula is C11H14ClNO3S. The molecular weight excluding hydrogens is 262 g/mol. The van der Waals surface area contributed by atoms with E-state index in [4.69, 9.17) is 17.3 Å². The number of carbonyl (C=O) groups excluding carboxylic acids is 1. The highest BCUT2D eigenvalue weighted by molar-refractivity contribution is 7.95. The molecule has 0 amide bonds. The highest BCUT2D eigenvalue weighted by atomic mass is 35.5. The monoisotopic (exact) mass is 275 g/mol. The summed E-state index contributed by atoms with van der Waals surface area (Å²) in [5, 5.41) is 0. The Balaban J connectivity index is 3.18. The number of anilines is 1. The van der Waals surface area contributed by atoms with Crippen LogP contribution < -0.4 is 5.73 Å². The van der Waals surface area contributed by atoms with Crippen molar-refractivity contribution >= 4 is 32.9 Å².